The highest BCUT2D eigenvalue weighted by Gasteiger charge is 2.31. The lowest BCUT2D eigenvalue weighted by Crippen LogP contribution is -2.36. The number of halogens is 1. The molecular weight excluding hydrogens is 347 g/mol. The zero-order chi connectivity index (χ0) is 19.0. The van der Waals surface area contributed by atoms with Crippen LogP contribution in [0.2, 0.25) is 0 Å². The van der Waals surface area contributed by atoms with E-state index in [0.717, 1.165) is 25.7 Å². The second kappa shape index (κ2) is 7.13. The summed E-state index contributed by atoms with van der Waals surface area (Å²) in [5.41, 5.74) is 1.89. The van der Waals surface area contributed by atoms with Crippen LogP contribution in [0.3, 0.4) is 0 Å². The van der Waals surface area contributed by atoms with Crippen molar-refractivity contribution in [2.45, 2.75) is 45.6 Å². The Morgan fingerprint density at radius 3 is 2.78 bits per heavy atom. The van der Waals surface area contributed by atoms with Gasteiger partial charge in [-0.2, -0.15) is 0 Å². The van der Waals surface area contributed by atoms with Crippen molar-refractivity contribution in [1.29, 1.82) is 0 Å². The first-order valence-electron chi connectivity index (χ1n) is 9.39. The zero-order valence-electron chi connectivity index (χ0n) is 15.5. The molecule has 2 N–H and O–H groups in total. The number of hydrogen-bond donors (Lipinski definition) is 2. The summed E-state index contributed by atoms with van der Waals surface area (Å²) in [6, 6.07) is 4.52. The topological polar surface area (TPSA) is 83.8 Å². The van der Waals surface area contributed by atoms with Gasteiger partial charge < -0.3 is 14.8 Å². The number of rotatable bonds is 4. The fourth-order valence-electron chi connectivity index (χ4n) is 3.92. The van der Waals surface area contributed by atoms with Gasteiger partial charge in [-0.1, -0.05) is 31.0 Å². The highest BCUT2D eigenvalue weighted by atomic mass is 19.1. The number of para-hydroxylation sites is 1. The molecule has 1 saturated carbocycles. The number of aromatic nitrogens is 3. The third kappa shape index (κ3) is 3.46. The van der Waals surface area contributed by atoms with Crippen LogP contribution in [-0.2, 0) is 0 Å². The number of imidazole rings is 1. The van der Waals surface area contributed by atoms with Crippen LogP contribution in [0.25, 0.3) is 11.0 Å². The average Bonchev–Trinajstić information content (AvgIpc) is 3.27. The van der Waals surface area contributed by atoms with Crippen molar-refractivity contribution < 1.29 is 13.7 Å². The molecule has 1 fully saturated rings. The van der Waals surface area contributed by atoms with Gasteiger partial charge in [0.2, 0.25) is 0 Å². The van der Waals surface area contributed by atoms with Gasteiger partial charge in [-0.25, -0.2) is 9.37 Å². The number of nitrogens with one attached hydrogen (secondary N) is 2. The molecule has 0 bridgehead atoms. The van der Waals surface area contributed by atoms with Gasteiger partial charge in [0.05, 0.1) is 17.3 Å². The molecule has 1 aliphatic rings. The molecule has 0 unspecified atom stereocenters. The fourth-order valence-corrected chi connectivity index (χ4v) is 3.92. The fraction of sp³-hybridized carbons (Fsp3) is 0.450. The van der Waals surface area contributed by atoms with Crippen LogP contribution < -0.4 is 5.32 Å². The molecule has 1 atom stereocenters. The molecule has 7 heteroatoms. The zero-order valence-corrected chi connectivity index (χ0v) is 15.5. The normalized spacial score (nSPS) is 21.3. The van der Waals surface area contributed by atoms with Gasteiger partial charge in [-0.3, -0.25) is 4.79 Å². The van der Waals surface area contributed by atoms with Gasteiger partial charge in [0, 0.05) is 0 Å². The Labute approximate surface area is 156 Å². The minimum Gasteiger partial charge on any atom is -0.364 e. The van der Waals surface area contributed by atoms with E-state index in [9.17, 15) is 9.18 Å². The maximum atomic E-state index is 14.1. The second-order valence-electron chi connectivity index (χ2n) is 7.54. The summed E-state index contributed by atoms with van der Waals surface area (Å²) < 4.78 is 19.0. The second-order valence-corrected chi connectivity index (χ2v) is 7.54. The molecule has 1 aromatic carbocycles. The maximum Gasteiger partial charge on any atom is 0.257 e. The Balaban J connectivity index is 1.67. The number of fused-ring (bicyclic) bond motifs is 1. The van der Waals surface area contributed by atoms with Gasteiger partial charge in [-0.15, -0.1) is 0 Å². The first-order valence-corrected chi connectivity index (χ1v) is 9.39. The van der Waals surface area contributed by atoms with Crippen molar-refractivity contribution >= 4 is 16.9 Å². The summed E-state index contributed by atoms with van der Waals surface area (Å²) in [6.07, 6.45) is 5.56. The molecule has 0 saturated heterocycles. The van der Waals surface area contributed by atoms with Crippen molar-refractivity contribution in [3.05, 3.63) is 47.4 Å². The number of aromatic amines is 1. The molecule has 2 aromatic heterocycles. The molecule has 0 radical (unpaired) electrons. The van der Waals surface area contributed by atoms with E-state index in [0.29, 0.717) is 34.0 Å². The summed E-state index contributed by atoms with van der Waals surface area (Å²) in [4.78, 5) is 20.5. The van der Waals surface area contributed by atoms with E-state index in [1.54, 1.807) is 19.1 Å². The Hall–Kier alpha value is -2.70. The monoisotopic (exact) mass is 370 g/mol. The van der Waals surface area contributed by atoms with Gasteiger partial charge in [-0.05, 0) is 43.7 Å². The van der Waals surface area contributed by atoms with Crippen LogP contribution in [0.4, 0.5) is 4.39 Å². The number of carbonyl (C=O) groups excluding carboxylic acids is 1. The summed E-state index contributed by atoms with van der Waals surface area (Å²) in [6.45, 7) is 3.98. The summed E-state index contributed by atoms with van der Waals surface area (Å²) in [5.74, 6) is 0.905. The van der Waals surface area contributed by atoms with E-state index in [-0.39, 0.29) is 23.7 Å². The molecule has 142 valence electrons. The van der Waals surface area contributed by atoms with Crippen LogP contribution in [0, 0.1) is 24.6 Å². The molecule has 2 heterocycles. The Bertz CT molecular complexity index is 956. The van der Waals surface area contributed by atoms with E-state index in [1.807, 2.05) is 0 Å². The number of carbonyl (C=O) groups is 1. The summed E-state index contributed by atoms with van der Waals surface area (Å²) in [7, 11) is 0. The van der Waals surface area contributed by atoms with Crippen molar-refractivity contribution in [1.82, 2.24) is 20.4 Å². The SMILES string of the molecule is Cc1nocc1C(=O)N[C@H](c1nc2c(F)cccc2[nH]1)C1CCC(C)CC1. The Morgan fingerprint density at radius 1 is 1.33 bits per heavy atom. The van der Waals surface area contributed by atoms with Crippen LogP contribution in [-0.4, -0.2) is 21.0 Å². The number of nitrogens with zero attached hydrogens (tertiary/aromatic N) is 2. The third-order valence-electron chi connectivity index (χ3n) is 5.59. The van der Waals surface area contributed by atoms with Crippen LogP contribution in [0.15, 0.2) is 29.0 Å². The van der Waals surface area contributed by atoms with E-state index in [4.69, 9.17) is 4.52 Å². The number of benzene rings is 1. The van der Waals surface area contributed by atoms with Crippen LogP contribution >= 0.6 is 0 Å². The van der Waals surface area contributed by atoms with Gasteiger partial charge in [0.25, 0.3) is 5.91 Å². The minimum atomic E-state index is -0.368. The predicted octanol–water partition coefficient (Wildman–Crippen LogP) is 4.30. The lowest BCUT2D eigenvalue weighted by molar-refractivity contribution is 0.0903. The number of H-pyrrole nitrogens is 1. The van der Waals surface area contributed by atoms with E-state index < -0.39 is 0 Å². The lowest BCUT2D eigenvalue weighted by Gasteiger charge is -2.32. The number of aryl methyl sites for hydroxylation is 1. The van der Waals surface area contributed by atoms with Gasteiger partial charge in [0.1, 0.15) is 23.2 Å². The molecule has 3 aromatic rings. The summed E-state index contributed by atoms with van der Waals surface area (Å²) in [5, 5.41) is 6.86. The lowest BCUT2D eigenvalue weighted by atomic mass is 9.79. The molecule has 0 aliphatic heterocycles. The first-order chi connectivity index (χ1) is 13.0. The highest BCUT2D eigenvalue weighted by Crippen LogP contribution is 2.37. The predicted molar refractivity (Wildman–Crippen MR) is 98.6 cm³/mol. The standard InChI is InChI=1S/C20H23FN4O2/c1-11-6-8-13(9-7-11)17(24-20(26)14-10-27-25-12(14)2)19-22-16-5-3-4-15(21)18(16)23-19/h3-5,10-11,13,17H,6-9H2,1-2H3,(H,22,23)(H,24,26)/t11?,13?,17-/m0/s1. The van der Waals surface area contributed by atoms with E-state index >= 15 is 0 Å². The van der Waals surface area contributed by atoms with Crippen LogP contribution in [0.1, 0.15) is 60.5 Å². The molecule has 1 aliphatic carbocycles. The number of amides is 1. The molecule has 0 spiro atoms. The van der Waals surface area contributed by atoms with Crippen molar-refractivity contribution in [2.24, 2.45) is 11.8 Å². The smallest absolute Gasteiger partial charge is 0.257 e. The molecule has 1 amide bonds. The maximum absolute atomic E-state index is 14.1. The quantitative estimate of drug-likeness (QED) is 0.717. The van der Waals surface area contributed by atoms with Crippen LogP contribution in [0.5, 0.6) is 0 Å². The van der Waals surface area contributed by atoms with Crippen molar-refractivity contribution in [3.8, 4) is 0 Å². The largest absolute Gasteiger partial charge is 0.364 e. The molecule has 6 nitrogen and oxygen atoms in total. The van der Waals surface area contributed by atoms with E-state index in [1.165, 1.54) is 12.3 Å². The molecular formula is C20H23FN4O2. The van der Waals surface area contributed by atoms with Gasteiger partial charge in [0.15, 0.2) is 5.82 Å². The summed E-state index contributed by atoms with van der Waals surface area (Å²) >= 11 is 0. The molecule has 4 rings (SSSR count). The number of hydrogen-bond acceptors (Lipinski definition) is 4. The minimum absolute atomic E-state index is 0.244. The van der Waals surface area contributed by atoms with Gasteiger partial charge >= 0.3 is 0 Å². The Morgan fingerprint density at radius 2 is 2.11 bits per heavy atom. The van der Waals surface area contributed by atoms with Crippen molar-refractivity contribution in [2.75, 3.05) is 0 Å². The van der Waals surface area contributed by atoms with Crippen molar-refractivity contribution in [3.63, 3.8) is 0 Å². The molecule has 27 heavy (non-hydrogen) atoms. The highest BCUT2D eigenvalue weighted by molar-refractivity contribution is 5.95. The third-order valence-corrected chi connectivity index (χ3v) is 5.59. The Kier molecular flexibility index (Phi) is 4.68. The van der Waals surface area contributed by atoms with E-state index in [2.05, 4.69) is 27.4 Å². The first kappa shape index (κ1) is 17.7. The average molecular weight is 370 g/mol.